The third-order valence-corrected chi connectivity index (χ3v) is 3.88. The van der Waals surface area contributed by atoms with Gasteiger partial charge in [0, 0.05) is 17.0 Å². The lowest BCUT2D eigenvalue weighted by Gasteiger charge is -2.08. The Kier molecular flexibility index (Phi) is 5.83. The first kappa shape index (κ1) is 17.1. The highest BCUT2D eigenvalue weighted by atomic mass is 35.5. The molecule has 0 atom stereocenters. The average molecular weight is 331 g/mol. The SMILES string of the molecule is C/C=C\Cc1cc(O)c(C(=O)CCc2ccc(Cl)cc2)cc1O. The van der Waals surface area contributed by atoms with Gasteiger partial charge in [-0.15, -0.1) is 0 Å². The first-order valence-corrected chi connectivity index (χ1v) is 7.82. The maximum absolute atomic E-state index is 12.3. The van der Waals surface area contributed by atoms with Crippen LogP contribution in [0.25, 0.3) is 0 Å². The standard InChI is InChI=1S/C19H19ClO3/c1-2-3-4-14-11-19(23)16(12-18(14)22)17(21)10-7-13-5-8-15(20)9-6-13/h2-3,5-6,8-9,11-12,22-23H,4,7,10H2,1H3/b3-2-. The van der Waals surface area contributed by atoms with Crippen LogP contribution in [0.3, 0.4) is 0 Å². The molecule has 0 aliphatic rings. The number of phenolic OH excluding ortho intramolecular Hbond substituents is 2. The highest BCUT2D eigenvalue weighted by Gasteiger charge is 2.15. The molecule has 0 spiro atoms. The van der Waals surface area contributed by atoms with Crippen LogP contribution in [-0.2, 0) is 12.8 Å². The third-order valence-electron chi connectivity index (χ3n) is 3.62. The number of rotatable bonds is 6. The topological polar surface area (TPSA) is 57.5 Å². The second-order valence-electron chi connectivity index (χ2n) is 5.32. The molecule has 0 radical (unpaired) electrons. The lowest BCUT2D eigenvalue weighted by molar-refractivity contribution is 0.0980. The summed E-state index contributed by atoms with van der Waals surface area (Å²) in [7, 11) is 0. The van der Waals surface area contributed by atoms with Crippen LogP contribution in [0, 0.1) is 0 Å². The number of hydrogen-bond acceptors (Lipinski definition) is 3. The zero-order chi connectivity index (χ0) is 16.8. The molecule has 0 unspecified atom stereocenters. The van der Waals surface area contributed by atoms with Crippen molar-refractivity contribution in [3.05, 3.63) is 70.3 Å². The Morgan fingerprint density at radius 3 is 2.48 bits per heavy atom. The first-order chi connectivity index (χ1) is 11.0. The number of halogens is 1. The second-order valence-corrected chi connectivity index (χ2v) is 5.76. The monoisotopic (exact) mass is 330 g/mol. The Balaban J connectivity index is 2.09. The van der Waals surface area contributed by atoms with E-state index in [1.807, 2.05) is 31.2 Å². The van der Waals surface area contributed by atoms with Crippen molar-refractivity contribution in [2.45, 2.75) is 26.2 Å². The fraction of sp³-hybridized carbons (Fsp3) is 0.211. The van der Waals surface area contributed by atoms with Crippen molar-refractivity contribution in [2.24, 2.45) is 0 Å². The molecule has 0 aromatic heterocycles. The predicted molar refractivity (Wildman–Crippen MR) is 92.4 cm³/mol. The molecule has 0 aliphatic carbocycles. The fourth-order valence-electron chi connectivity index (χ4n) is 2.30. The van der Waals surface area contributed by atoms with Gasteiger partial charge in [-0.1, -0.05) is 35.9 Å². The minimum atomic E-state index is -0.203. The van der Waals surface area contributed by atoms with E-state index < -0.39 is 0 Å². The molecule has 0 heterocycles. The third kappa shape index (κ3) is 4.60. The molecule has 23 heavy (non-hydrogen) atoms. The van der Waals surface area contributed by atoms with Crippen molar-refractivity contribution in [2.75, 3.05) is 0 Å². The van der Waals surface area contributed by atoms with Crippen LogP contribution in [-0.4, -0.2) is 16.0 Å². The van der Waals surface area contributed by atoms with E-state index in [2.05, 4.69) is 0 Å². The molecule has 2 aromatic rings. The van der Waals surface area contributed by atoms with E-state index in [4.69, 9.17) is 11.6 Å². The van der Waals surface area contributed by atoms with Gasteiger partial charge in [0.05, 0.1) is 5.56 Å². The van der Waals surface area contributed by atoms with Crippen molar-refractivity contribution in [1.82, 2.24) is 0 Å². The van der Waals surface area contributed by atoms with Gasteiger partial charge in [-0.25, -0.2) is 0 Å². The van der Waals surface area contributed by atoms with E-state index in [1.165, 1.54) is 12.1 Å². The van der Waals surface area contributed by atoms with Crippen LogP contribution in [0.15, 0.2) is 48.6 Å². The number of aromatic hydroxyl groups is 2. The van der Waals surface area contributed by atoms with Crippen molar-refractivity contribution in [1.29, 1.82) is 0 Å². The molecule has 0 bridgehead atoms. The van der Waals surface area contributed by atoms with Gasteiger partial charge in [0.25, 0.3) is 0 Å². The maximum Gasteiger partial charge on any atom is 0.167 e. The van der Waals surface area contributed by atoms with Crippen LogP contribution in [0.1, 0.15) is 34.8 Å². The van der Waals surface area contributed by atoms with Gasteiger partial charge in [0.1, 0.15) is 11.5 Å². The first-order valence-electron chi connectivity index (χ1n) is 7.45. The lowest BCUT2D eigenvalue weighted by atomic mass is 9.99. The molecule has 4 heteroatoms. The van der Waals surface area contributed by atoms with Crippen molar-refractivity contribution in [3.8, 4) is 11.5 Å². The zero-order valence-electron chi connectivity index (χ0n) is 12.9. The molecule has 120 valence electrons. The smallest absolute Gasteiger partial charge is 0.167 e. The molecule has 0 saturated heterocycles. The average Bonchev–Trinajstić information content (AvgIpc) is 2.54. The Labute approximate surface area is 140 Å². The summed E-state index contributed by atoms with van der Waals surface area (Å²) >= 11 is 5.83. The van der Waals surface area contributed by atoms with Crippen LogP contribution >= 0.6 is 11.6 Å². The molecular weight excluding hydrogens is 312 g/mol. The summed E-state index contributed by atoms with van der Waals surface area (Å²) in [5.74, 6) is -0.274. The van der Waals surface area contributed by atoms with Gasteiger partial charge >= 0.3 is 0 Å². The molecule has 0 aliphatic heterocycles. The number of hydrogen-bond donors (Lipinski definition) is 2. The molecular formula is C19H19ClO3. The largest absolute Gasteiger partial charge is 0.508 e. The van der Waals surface area contributed by atoms with E-state index in [-0.39, 0.29) is 29.3 Å². The molecule has 2 rings (SSSR count). The van der Waals surface area contributed by atoms with Crippen LogP contribution < -0.4 is 0 Å². The normalized spacial score (nSPS) is 11.0. The van der Waals surface area contributed by atoms with Gasteiger partial charge in [0.15, 0.2) is 5.78 Å². The lowest BCUT2D eigenvalue weighted by Crippen LogP contribution is -2.02. The van der Waals surface area contributed by atoms with E-state index >= 15 is 0 Å². The molecule has 2 N–H and O–H groups in total. The zero-order valence-corrected chi connectivity index (χ0v) is 13.7. The molecule has 3 nitrogen and oxygen atoms in total. The summed E-state index contributed by atoms with van der Waals surface area (Å²) in [5, 5.41) is 20.7. The number of Topliss-reactive ketones (excluding diaryl/α,β-unsaturated/α-hetero) is 1. The molecule has 2 aromatic carbocycles. The summed E-state index contributed by atoms with van der Waals surface area (Å²) < 4.78 is 0. The number of ketones is 1. The van der Waals surface area contributed by atoms with E-state index in [1.54, 1.807) is 12.1 Å². The Morgan fingerprint density at radius 1 is 1.13 bits per heavy atom. The summed E-state index contributed by atoms with van der Waals surface area (Å²) in [5.41, 5.74) is 1.74. The fourth-order valence-corrected chi connectivity index (χ4v) is 2.42. The predicted octanol–water partition coefficient (Wildman–Crippen LogP) is 4.69. The number of benzene rings is 2. The van der Waals surface area contributed by atoms with Crippen LogP contribution in [0.2, 0.25) is 5.02 Å². The van der Waals surface area contributed by atoms with Gasteiger partial charge in [-0.2, -0.15) is 0 Å². The maximum atomic E-state index is 12.3. The van der Waals surface area contributed by atoms with Crippen molar-refractivity contribution in [3.63, 3.8) is 0 Å². The molecule has 0 fully saturated rings. The van der Waals surface area contributed by atoms with Gasteiger partial charge < -0.3 is 10.2 Å². The highest BCUT2D eigenvalue weighted by molar-refractivity contribution is 6.30. The van der Waals surface area contributed by atoms with E-state index in [9.17, 15) is 15.0 Å². The summed E-state index contributed by atoms with van der Waals surface area (Å²) in [6.45, 7) is 1.88. The number of carbonyl (C=O) groups is 1. The quantitative estimate of drug-likeness (QED) is 0.459. The Morgan fingerprint density at radius 2 is 1.83 bits per heavy atom. The van der Waals surface area contributed by atoms with Crippen LogP contribution in [0.5, 0.6) is 11.5 Å². The van der Waals surface area contributed by atoms with Crippen LogP contribution in [0.4, 0.5) is 0 Å². The Bertz CT molecular complexity index is 718. The van der Waals surface area contributed by atoms with E-state index in [0.717, 1.165) is 5.56 Å². The van der Waals surface area contributed by atoms with Crippen molar-refractivity contribution >= 4 is 17.4 Å². The summed E-state index contributed by atoms with van der Waals surface area (Å²) in [6, 6.07) is 10.1. The minimum absolute atomic E-state index is 0.0238. The minimum Gasteiger partial charge on any atom is -0.508 e. The molecule has 0 saturated carbocycles. The Hall–Kier alpha value is -2.26. The van der Waals surface area contributed by atoms with Gasteiger partial charge in [-0.3, -0.25) is 4.79 Å². The second kappa shape index (κ2) is 7.84. The van der Waals surface area contributed by atoms with Gasteiger partial charge in [0.2, 0.25) is 0 Å². The molecule has 0 amide bonds. The summed E-state index contributed by atoms with van der Waals surface area (Å²) in [4.78, 5) is 12.3. The summed E-state index contributed by atoms with van der Waals surface area (Å²) in [6.07, 6.45) is 5.05. The number of aryl methyl sites for hydroxylation is 1. The number of allylic oxidation sites excluding steroid dienone is 2. The van der Waals surface area contributed by atoms with Crippen molar-refractivity contribution < 1.29 is 15.0 Å². The van der Waals surface area contributed by atoms with Gasteiger partial charge in [-0.05, 0) is 49.6 Å². The number of carbonyl (C=O) groups excluding carboxylic acids is 1. The van der Waals surface area contributed by atoms with E-state index in [0.29, 0.717) is 23.4 Å². The highest BCUT2D eigenvalue weighted by Crippen LogP contribution is 2.29. The number of phenols is 2.